The number of aliphatic hydroxyl groups excluding tert-OH is 5. The number of amides is 1. The second-order valence-corrected chi connectivity index (χ2v) is 19.0. The standard InChI is InChI=1S/C62H101NO10/c1-4-7-10-13-16-19-22-25-26-27-28-29-32-34-37-40-43-46-49-55(66)61(70)63-53(54(65)48-45-42-39-36-33-30-23-20-17-14-11-8-5-2)52-71-62-60(59(69)58(68)56(51-64)72-62)73-57(67)50-47-44-41-38-35-31-24-21-18-15-12-9-6-3/h7,9-10,12,15-16,18-19,21,24-26,28-29,34,37,43,45-46,48,53-56,58-60,62,64-66,68-69H,4-6,8,11,13-14,17,20,22-23,27,30-33,35-36,38-42,44,47,49-52H2,1-3H3,(H,63,70)/b10-7-,12-9+,18-15+,19-16-,24-21-,26-25-,29-28-,37-34-,46-43-,48-45+. The number of hydrogen-bond donors (Lipinski definition) is 6. The van der Waals surface area contributed by atoms with Crippen molar-refractivity contribution in [2.24, 2.45) is 0 Å². The van der Waals surface area contributed by atoms with Gasteiger partial charge in [-0.1, -0.05) is 226 Å². The number of allylic oxidation sites excluding steroid dienone is 18. The molecule has 6 N–H and O–H groups in total. The molecule has 1 aliphatic heterocycles. The summed E-state index contributed by atoms with van der Waals surface area (Å²) in [6.45, 7) is 5.45. The summed E-state index contributed by atoms with van der Waals surface area (Å²) in [7, 11) is 0. The van der Waals surface area contributed by atoms with Crippen molar-refractivity contribution in [3.63, 3.8) is 0 Å². The van der Waals surface area contributed by atoms with Crippen LogP contribution in [0, 0.1) is 0 Å². The average Bonchev–Trinajstić information content (AvgIpc) is 3.39. The van der Waals surface area contributed by atoms with Crippen LogP contribution in [0.5, 0.6) is 0 Å². The molecule has 1 aliphatic rings. The maximum absolute atomic E-state index is 13.3. The molecule has 1 heterocycles. The molecule has 1 saturated heterocycles. The first-order chi connectivity index (χ1) is 35.7. The van der Waals surface area contributed by atoms with Gasteiger partial charge in [-0.25, -0.2) is 0 Å². The zero-order valence-electron chi connectivity index (χ0n) is 45.4. The first-order valence-corrected chi connectivity index (χ1v) is 28.3. The van der Waals surface area contributed by atoms with Crippen LogP contribution in [-0.4, -0.2) is 99.6 Å². The Hall–Kier alpha value is -3.94. The molecule has 73 heavy (non-hydrogen) atoms. The third-order valence-electron chi connectivity index (χ3n) is 12.4. The molecule has 1 amide bonds. The summed E-state index contributed by atoms with van der Waals surface area (Å²) in [6, 6.07) is -1.08. The Morgan fingerprint density at radius 2 is 1.04 bits per heavy atom. The summed E-state index contributed by atoms with van der Waals surface area (Å²) < 4.78 is 17.5. The molecular weight excluding hydrogens is 919 g/mol. The minimum Gasteiger partial charge on any atom is -0.454 e. The van der Waals surface area contributed by atoms with Crippen LogP contribution in [0.3, 0.4) is 0 Å². The molecule has 0 aromatic carbocycles. The second-order valence-electron chi connectivity index (χ2n) is 19.0. The molecule has 8 atom stereocenters. The van der Waals surface area contributed by atoms with Crippen LogP contribution in [0.25, 0.3) is 0 Å². The van der Waals surface area contributed by atoms with Gasteiger partial charge in [0.15, 0.2) is 12.4 Å². The molecule has 1 fully saturated rings. The Labute approximate surface area is 442 Å². The second kappa shape index (κ2) is 49.0. The van der Waals surface area contributed by atoms with E-state index in [0.717, 1.165) is 96.3 Å². The van der Waals surface area contributed by atoms with E-state index in [1.165, 1.54) is 51.4 Å². The van der Waals surface area contributed by atoms with Crippen molar-refractivity contribution in [3.05, 3.63) is 122 Å². The molecule has 0 aliphatic carbocycles. The van der Waals surface area contributed by atoms with Crippen LogP contribution in [-0.2, 0) is 23.8 Å². The molecule has 11 heteroatoms. The van der Waals surface area contributed by atoms with Crippen LogP contribution < -0.4 is 5.32 Å². The van der Waals surface area contributed by atoms with Gasteiger partial charge in [0.1, 0.15) is 24.4 Å². The first-order valence-electron chi connectivity index (χ1n) is 28.3. The largest absolute Gasteiger partial charge is 0.454 e. The number of carbonyl (C=O) groups is 2. The monoisotopic (exact) mass is 1020 g/mol. The SMILES string of the molecule is CC/C=C\C/C=C\C/C=C\C/C=C\C/C=C\C/C=C\CC(O)C(=O)NC(COC1OC(CO)C(O)C(O)C1OC(=O)CCCCCCC\C=C/C=C/C=C/CC)C(O)/C=C/CCCCCCCCCCCCC. The Kier molecular flexibility index (Phi) is 45.0. The molecular formula is C62H101NO10. The quantitative estimate of drug-likeness (QED) is 0.0149. The molecule has 0 spiro atoms. The summed E-state index contributed by atoms with van der Waals surface area (Å²) >= 11 is 0. The molecule has 0 bridgehead atoms. The number of unbranched alkanes of at least 4 members (excludes halogenated alkanes) is 16. The maximum Gasteiger partial charge on any atom is 0.306 e. The van der Waals surface area contributed by atoms with Crippen LogP contribution in [0.2, 0.25) is 0 Å². The van der Waals surface area contributed by atoms with Gasteiger partial charge in [0.25, 0.3) is 0 Å². The van der Waals surface area contributed by atoms with E-state index < -0.39 is 67.4 Å². The predicted octanol–water partition coefficient (Wildman–Crippen LogP) is 12.7. The highest BCUT2D eigenvalue weighted by atomic mass is 16.7. The van der Waals surface area contributed by atoms with Crippen LogP contribution in [0.15, 0.2) is 122 Å². The van der Waals surface area contributed by atoms with Crippen LogP contribution >= 0.6 is 0 Å². The van der Waals surface area contributed by atoms with Gasteiger partial charge in [-0.05, 0) is 77.0 Å². The molecule has 0 saturated carbocycles. The third kappa shape index (κ3) is 37.4. The van der Waals surface area contributed by atoms with Gasteiger partial charge in [-0.15, -0.1) is 0 Å². The lowest BCUT2D eigenvalue weighted by molar-refractivity contribution is -0.305. The molecule has 414 valence electrons. The topological polar surface area (TPSA) is 175 Å². The summed E-state index contributed by atoms with van der Waals surface area (Å²) in [5.41, 5.74) is 0. The summed E-state index contributed by atoms with van der Waals surface area (Å²) in [5.74, 6) is -1.32. The lowest BCUT2D eigenvalue weighted by atomic mass is 9.99. The van der Waals surface area contributed by atoms with Gasteiger partial charge in [-0.3, -0.25) is 9.59 Å². The van der Waals surface area contributed by atoms with Gasteiger partial charge in [0, 0.05) is 12.8 Å². The maximum atomic E-state index is 13.3. The molecule has 0 aromatic rings. The van der Waals surface area contributed by atoms with Gasteiger partial charge < -0.3 is 45.1 Å². The molecule has 0 radical (unpaired) electrons. The fourth-order valence-corrected chi connectivity index (χ4v) is 7.96. The van der Waals surface area contributed by atoms with Crippen molar-refractivity contribution < 1.29 is 49.3 Å². The summed E-state index contributed by atoms with van der Waals surface area (Å²) in [4.78, 5) is 26.4. The summed E-state index contributed by atoms with van der Waals surface area (Å²) in [6.07, 6.45) is 56.9. The summed E-state index contributed by atoms with van der Waals surface area (Å²) in [5, 5.41) is 56.7. The van der Waals surface area contributed by atoms with Gasteiger partial charge >= 0.3 is 5.97 Å². The smallest absolute Gasteiger partial charge is 0.306 e. The lowest BCUT2D eigenvalue weighted by Crippen LogP contribution is -2.61. The Bertz CT molecular complexity index is 1640. The predicted molar refractivity (Wildman–Crippen MR) is 301 cm³/mol. The van der Waals surface area contributed by atoms with Crippen molar-refractivity contribution in [2.75, 3.05) is 13.2 Å². The number of nitrogens with one attached hydrogen (secondary N) is 1. The molecule has 8 unspecified atom stereocenters. The minimum absolute atomic E-state index is 0.0491. The van der Waals surface area contributed by atoms with E-state index in [4.69, 9.17) is 14.2 Å². The number of esters is 1. The van der Waals surface area contributed by atoms with Crippen molar-refractivity contribution in [1.29, 1.82) is 0 Å². The van der Waals surface area contributed by atoms with E-state index in [-0.39, 0.29) is 19.4 Å². The molecule has 11 nitrogen and oxygen atoms in total. The van der Waals surface area contributed by atoms with E-state index in [2.05, 4.69) is 92.9 Å². The van der Waals surface area contributed by atoms with Crippen molar-refractivity contribution in [3.8, 4) is 0 Å². The Morgan fingerprint density at radius 3 is 1.58 bits per heavy atom. The average molecular weight is 1020 g/mol. The fourth-order valence-electron chi connectivity index (χ4n) is 7.96. The van der Waals surface area contributed by atoms with Crippen LogP contribution in [0.1, 0.15) is 194 Å². The Morgan fingerprint density at radius 1 is 0.562 bits per heavy atom. The van der Waals surface area contributed by atoms with Crippen LogP contribution in [0.4, 0.5) is 0 Å². The Balaban J connectivity index is 2.82. The molecule has 0 aromatic heterocycles. The van der Waals surface area contributed by atoms with Crippen molar-refractivity contribution >= 4 is 11.9 Å². The highest BCUT2D eigenvalue weighted by Crippen LogP contribution is 2.26. The number of aliphatic hydroxyl groups is 5. The number of ether oxygens (including phenoxy) is 3. The van der Waals surface area contributed by atoms with Crippen molar-refractivity contribution in [1.82, 2.24) is 5.32 Å². The van der Waals surface area contributed by atoms with E-state index in [0.29, 0.717) is 12.8 Å². The highest BCUT2D eigenvalue weighted by Gasteiger charge is 2.47. The van der Waals surface area contributed by atoms with E-state index in [1.807, 2.05) is 42.5 Å². The fraction of sp³-hybridized carbons (Fsp3) is 0.645. The highest BCUT2D eigenvalue weighted by molar-refractivity contribution is 5.81. The molecule has 1 rings (SSSR count). The lowest BCUT2D eigenvalue weighted by Gasteiger charge is -2.41. The van der Waals surface area contributed by atoms with E-state index in [9.17, 15) is 35.1 Å². The van der Waals surface area contributed by atoms with E-state index in [1.54, 1.807) is 12.2 Å². The zero-order chi connectivity index (χ0) is 53.3. The van der Waals surface area contributed by atoms with E-state index >= 15 is 0 Å². The zero-order valence-corrected chi connectivity index (χ0v) is 45.4. The van der Waals surface area contributed by atoms with Gasteiger partial charge in [-0.2, -0.15) is 0 Å². The number of carbonyl (C=O) groups excluding carboxylic acids is 2. The van der Waals surface area contributed by atoms with Gasteiger partial charge in [0.05, 0.1) is 25.4 Å². The van der Waals surface area contributed by atoms with Gasteiger partial charge in [0.2, 0.25) is 5.91 Å². The normalized spacial score (nSPS) is 20.4. The van der Waals surface area contributed by atoms with Crippen molar-refractivity contribution in [2.45, 2.75) is 243 Å². The third-order valence-corrected chi connectivity index (χ3v) is 12.4. The first kappa shape index (κ1) is 67.1. The number of hydrogen-bond acceptors (Lipinski definition) is 10. The minimum atomic E-state index is -1.64. The number of rotatable bonds is 45.